The fourth-order valence-corrected chi connectivity index (χ4v) is 3.45. The Morgan fingerprint density at radius 2 is 1.89 bits per heavy atom. The van der Waals surface area contributed by atoms with Gasteiger partial charge in [-0.05, 0) is 30.5 Å². The van der Waals surface area contributed by atoms with Crippen molar-refractivity contribution in [1.29, 1.82) is 0 Å². The monoisotopic (exact) mass is 372 g/mol. The molecule has 7 heteroatoms. The quantitative estimate of drug-likeness (QED) is 0.814. The summed E-state index contributed by atoms with van der Waals surface area (Å²) in [4.78, 5) is 16.5. The molecule has 1 atom stereocenters. The minimum Gasteiger partial charge on any atom is -0.497 e. The van der Waals surface area contributed by atoms with Crippen LogP contribution in [0.1, 0.15) is 67.2 Å². The molecule has 2 aromatic rings. The molecule has 0 bridgehead atoms. The average molecular weight is 372 g/mol. The Balaban J connectivity index is 1.55. The maximum Gasteiger partial charge on any atom is 0.291 e. The molecule has 0 saturated heterocycles. The lowest BCUT2D eigenvalue weighted by Gasteiger charge is -2.20. The molecule has 0 aliphatic heterocycles. The first-order valence-corrected chi connectivity index (χ1v) is 9.68. The Kier molecular flexibility index (Phi) is 6.81. The molecule has 7 nitrogen and oxygen atoms in total. The number of ether oxygens (including phenoxy) is 1. The zero-order valence-corrected chi connectivity index (χ0v) is 15.8. The summed E-state index contributed by atoms with van der Waals surface area (Å²) in [5.41, 5.74) is 0.756. The summed E-state index contributed by atoms with van der Waals surface area (Å²) in [5, 5.41) is 17.7. The van der Waals surface area contributed by atoms with Gasteiger partial charge in [0.15, 0.2) is 0 Å². The van der Waals surface area contributed by atoms with Crippen LogP contribution in [0.3, 0.4) is 0 Å². The molecule has 27 heavy (non-hydrogen) atoms. The molecule has 1 fully saturated rings. The number of nitrogens with one attached hydrogen (secondary N) is 1. The van der Waals surface area contributed by atoms with Crippen LogP contribution in [0.4, 0.5) is 0 Å². The number of aromatic nitrogens is 3. The second-order valence-corrected chi connectivity index (χ2v) is 7.09. The standard InChI is InChI=1S/C20H28N4O3/c1-27-17-11-9-15(10-12-17)18(25)13-24-14-21-19(23-24)20(26)22-16-7-5-3-2-4-6-8-16/h9-12,14,16,18,25H,2-8,13H2,1H3,(H,22,26). The predicted octanol–water partition coefficient (Wildman–Crippen LogP) is 2.86. The second-order valence-electron chi connectivity index (χ2n) is 7.09. The first-order chi connectivity index (χ1) is 13.2. The van der Waals surface area contributed by atoms with Gasteiger partial charge in [-0.1, -0.05) is 44.2 Å². The van der Waals surface area contributed by atoms with Gasteiger partial charge in [-0.25, -0.2) is 9.67 Å². The van der Waals surface area contributed by atoms with Gasteiger partial charge in [0.2, 0.25) is 5.82 Å². The molecule has 2 N–H and O–H groups in total. The number of aliphatic hydroxyl groups is 1. The van der Waals surface area contributed by atoms with Gasteiger partial charge in [0, 0.05) is 6.04 Å². The minimum absolute atomic E-state index is 0.152. The Morgan fingerprint density at radius 3 is 2.56 bits per heavy atom. The maximum absolute atomic E-state index is 12.4. The van der Waals surface area contributed by atoms with Crippen molar-refractivity contribution >= 4 is 5.91 Å². The number of hydrogen-bond donors (Lipinski definition) is 2. The van der Waals surface area contributed by atoms with E-state index in [0.717, 1.165) is 37.0 Å². The normalized spacial score (nSPS) is 17.0. The number of amides is 1. The van der Waals surface area contributed by atoms with E-state index in [2.05, 4.69) is 15.4 Å². The number of methoxy groups -OCH3 is 1. The minimum atomic E-state index is -0.737. The maximum atomic E-state index is 12.4. The van der Waals surface area contributed by atoms with Gasteiger partial charge in [0.25, 0.3) is 5.91 Å². The van der Waals surface area contributed by atoms with Gasteiger partial charge in [-0.3, -0.25) is 4.79 Å². The molecule has 0 spiro atoms. The highest BCUT2D eigenvalue weighted by atomic mass is 16.5. The summed E-state index contributed by atoms with van der Waals surface area (Å²) < 4.78 is 6.62. The molecule has 0 radical (unpaired) electrons. The molecule has 1 saturated carbocycles. The van der Waals surface area contributed by atoms with E-state index in [4.69, 9.17) is 4.74 Å². The molecule has 1 aromatic heterocycles. The van der Waals surface area contributed by atoms with E-state index in [0.29, 0.717) is 0 Å². The molecule has 1 aliphatic rings. The second kappa shape index (κ2) is 9.50. The smallest absolute Gasteiger partial charge is 0.291 e. The number of carbonyl (C=O) groups excluding carboxylic acids is 1. The highest BCUT2D eigenvalue weighted by Gasteiger charge is 2.18. The van der Waals surface area contributed by atoms with E-state index < -0.39 is 6.10 Å². The summed E-state index contributed by atoms with van der Waals surface area (Å²) in [7, 11) is 1.60. The van der Waals surface area contributed by atoms with Gasteiger partial charge in [0.05, 0.1) is 19.8 Å². The summed E-state index contributed by atoms with van der Waals surface area (Å²) >= 11 is 0. The molecule has 1 heterocycles. The van der Waals surface area contributed by atoms with Gasteiger partial charge in [0.1, 0.15) is 12.1 Å². The van der Waals surface area contributed by atoms with Crippen molar-refractivity contribution in [1.82, 2.24) is 20.1 Å². The van der Waals surface area contributed by atoms with E-state index in [-0.39, 0.29) is 24.3 Å². The number of hydrogen-bond acceptors (Lipinski definition) is 5. The van der Waals surface area contributed by atoms with Crippen LogP contribution < -0.4 is 10.1 Å². The SMILES string of the molecule is COc1ccc(C(O)Cn2cnc(C(=O)NC3CCCCCCC3)n2)cc1. The zero-order valence-electron chi connectivity index (χ0n) is 15.8. The summed E-state index contributed by atoms with van der Waals surface area (Å²) in [6.45, 7) is 0.232. The van der Waals surface area contributed by atoms with Crippen LogP contribution >= 0.6 is 0 Å². The number of rotatable bonds is 6. The van der Waals surface area contributed by atoms with Crippen molar-refractivity contribution in [3.63, 3.8) is 0 Å². The Hall–Kier alpha value is -2.41. The highest BCUT2D eigenvalue weighted by molar-refractivity contribution is 5.90. The van der Waals surface area contributed by atoms with Gasteiger partial charge in [-0.15, -0.1) is 5.10 Å². The van der Waals surface area contributed by atoms with Crippen LogP contribution in [0.5, 0.6) is 5.75 Å². The van der Waals surface area contributed by atoms with E-state index in [9.17, 15) is 9.90 Å². The molecular formula is C20H28N4O3. The fourth-order valence-electron chi connectivity index (χ4n) is 3.45. The lowest BCUT2D eigenvalue weighted by Crippen LogP contribution is -2.36. The Morgan fingerprint density at radius 1 is 1.22 bits per heavy atom. The van der Waals surface area contributed by atoms with E-state index in [1.807, 2.05) is 12.1 Å². The molecule has 1 aromatic carbocycles. The summed E-state index contributed by atoms with van der Waals surface area (Å²) in [6.07, 6.45) is 8.86. The topological polar surface area (TPSA) is 89.3 Å². The average Bonchev–Trinajstić information content (AvgIpc) is 3.12. The van der Waals surface area contributed by atoms with Crippen molar-refractivity contribution in [3.8, 4) is 5.75 Å². The third-order valence-electron chi connectivity index (χ3n) is 5.04. The van der Waals surface area contributed by atoms with Gasteiger partial charge < -0.3 is 15.2 Å². The molecule has 1 amide bonds. The first-order valence-electron chi connectivity index (χ1n) is 9.68. The summed E-state index contributed by atoms with van der Waals surface area (Å²) in [5.74, 6) is 0.650. The number of benzene rings is 1. The third-order valence-corrected chi connectivity index (χ3v) is 5.04. The van der Waals surface area contributed by atoms with E-state index >= 15 is 0 Å². The fraction of sp³-hybridized carbons (Fsp3) is 0.550. The summed E-state index contributed by atoms with van der Waals surface area (Å²) in [6, 6.07) is 7.42. The van der Waals surface area contributed by atoms with E-state index in [1.165, 1.54) is 30.3 Å². The van der Waals surface area contributed by atoms with Crippen LogP contribution in [0.15, 0.2) is 30.6 Å². The molecule has 1 aliphatic carbocycles. The number of aliphatic hydroxyl groups excluding tert-OH is 1. The van der Waals surface area contributed by atoms with Gasteiger partial charge in [-0.2, -0.15) is 0 Å². The van der Waals surface area contributed by atoms with Crippen LogP contribution in [0, 0.1) is 0 Å². The van der Waals surface area contributed by atoms with Gasteiger partial charge >= 0.3 is 0 Å². The Labute approximate surface area is 159 Å². The first kappa shape index (κ1) is 19.4. The van der Waals surface area contributed by atoms with Crippen molar-refractivity contribution in [2.24, 2.45) is 0 Å². The highest BCUT2D eigenvalue weighted by Crippen LogP contribution is 2.19. The van der Waals surface area contributed by atoms with Crippen molar-refractivity contribution < 1.29 is 14.6 Å². The largest absolute Gasteiger partial charge is 0.497 e. The van der Waals surface area contributed by atoms with Crippen molar-refractivity contribution in [3.05, 3.63) is 42.0 Å². The van der Waals surface area contributed by atoms with Crippen molar-refractivity contribution in [2.45, 2.75) is 63.6 Å². The van der Waals surface area contributed by atoms with Crippen LogP contribution in [0.2, 0.25) is 0 Å². The van der Waals surface area contributed by atoms with Crippen LogP contribution in [-0.2, 0) is 6.54 Å². The van der Waals surface area contributed by atoms with Crippen LogP contribution in [0.25, 0.3) is 0 Å². The third kappa shape index (κ3) is 5.53. The zero-order chi connectivity index (χ0) is 19.1. The predicted molar refractivity (Wildman–Crippen MR) is 102 cm³/mol. The lowest BCUT2D eigenvalue weighted by atomic mass is 9.97. The van der Waals surface area contributed by atoms with Crippen molar-refractivity contribution in [2.75, 3.05) is 7.11 Å². The number of nitrogens with zero attached hydrogens (tertiary/aromatic N) is 3. The van der Waals surface area contributed by atoms with Crippen LogP contribution in [-0.4, -0.2) is 38.9 Å². The molecule has 3 rings (SSSR count). The number of carbonyl (C=O) groups is 1. The molecule has 1 unspecified atom stereocenters. The molecular weight excluding hydrogens is 344 g/mol. The lowest BCUT2D eigenvalue weighted by molar-refractivity contribution is 0.0918. The Bertz CT molecular complexity index is 721. The van der Waals surface area contributed by atoms with E-state index in [1.54, 1.807) is 19.2 Å². The molecule has 146 valence electrons.